The lowest BCUT2D eigenvalue weighted by atomic mass is 10.0. The lowest BCUT2D eigenvalue weighted by molar-refractivity contribution is 0.444. The maximum Gasteiger partial charge on any atom is 0.0563 e. The molecule has 0 heterocycles. The molecule has 6 unspecified atom stereocenters. The Balaban J connectivity index is 1.50. The highest BCUT2D eigenvalue weighted by Crippen LogP contribution is 2.81. The predicted octanol–water partition coefficient (Wildman–Crippen LogP) is 2.69. The van der Waals surface area contributed by atoms with E-state index in [1.54, 1.807) is 0 Å². The van der Waals surface area contributed by atoms with Crippen molar-refractivity contribution in [2.24, 2.45) is 35.5 Å². The third-order valence-electron chi connectivity index (χ3n) is 6.00. The Morgan fingerprint density at radius 1 is 0.882 bits per heavy atom. The van der Waals surface area contributed by atoms with E-state index in [0.717, 1.165) is 40.4 Å². The highest BCUT2D eigenvalue weighted by Gasteiger charge is 2.78. The lowest BCUT2D eigenvalue weighted by Gasteiger charge is -2.20. The van der Waals surface area contributed by atoms with Gasteiger partial charge in [-0.3, -0.25) is 4.21 Å². The van der Waals surface area contributed by atoms with Crippen LogP contribution < -0.4 is 0 Å². The van der Waals surface area contributed by atoms with Crippen molar-refractivity contribution in [2.45, 2.75) is 23.0 Å². The highest BCUT2D eigenvalue weighted by molar-refractivity contribution is 7.85. The van der Waals surface area contributed by atoms with Crippen molar-refractivity contribution < 1.29 is 4.21 Å². The molecule has 6 rings (SSSR count). The molecule has 8 atom stereocenters. The molecule has 1 aromatic rings. The molecule has 5 aliphatic rings. The van der Waals surface area contributed by atoms with Gasteiger partial charge in [-0.25, -0.2) is 0 Å². The first kappa shape index (κ1) is 9.32. The first-order chi connectivity index (χ1) is 8.36. The van der Waals surface area contributed by atoms with Crippen LogP contribution in [0.1, 0.15) is 12.8 Å². The van der Waals surface area contributed by atoms with Crippen molar-refractivity contribution in [2.75, 3.05) is 0 Å². The molecule has 0 radical (unpaired) electrons. The van der Waals surface area contributed by atoms with Crippen molar-refractivity contribution in [3.05, 3.63) is 30.3 Å². The third-order valence-corrected chi connectivity index (χ3v) is 7.80. The summed E-state index contributed by atoms with van der Waals surface area (Å²) in [4.78, 5) is 1.06. The molecule has 0 spiro atoms. The van der Waals surface area contributed by atoms with E-state index in [9.17, 15) is 4.21 Å². The zero-order chi connectivity index (χ0) is 11.1. The van der Waals surface area contributed by atoms with E-state index in [0.29, 0.717) is 5.25 Å². The summed E-state index contributed by atoms with van der Waals surface area (Å²) in [6, 6.07) is 10.1. The average Bonchev–Trinajstić information content (AvgIpc) is 2.77. The maximum absolute atomic E-state index is 12.7. The molecule has 0 aliphatic heterocycles. The van der Waals surface area contributed by atoms with E-state index in [1.807, 2.05) is 30.3 Å². The van der Waals surface area contributed by atoms with E-state index >= 15 is 0 Å². The Hall–Kier alpha value is -0.630. The second-order valence-corrected chi connectivity index (χ2v) is 8.02. The van der Waals surface area contributed by atoms with E-state index in [1.165, 1.54) is 12.8 Å². The second kappa shape index (κ2) is 2.85. The molecular formula is C15H16OS. The van der Waals surface area contributed by atoms with Crippen LogP contribution in [-0.4, -0.2) is 9.46 Å². The first-order valence-electron chi connectivity index (χ1n) is 6.82. The van der Waals surface area contributed by atoms with E-state index < -0.39 is 10.8 Å². The summed E-state index contributed by atoms with van der Waals surface area (Å²) in [6.45, 7) is 0. The van der Waals surface area contributed by atoms with Gasteiger partial charge in [0, 0.05) is 10.1 Å². The van der Waals surface area contributed by atoms with Gasteiger partial charge in [0.05, 0.1) is 10.8 Å². The number of rotatable bonds is 2. The molecule has 2 heteroatoms. The summed E-state index contributed by atoms with van der Waals surface area (Å²) >= 11 is 0. The van der Waals surface area contributed by atoms with Crippen LogP contribution in [0, 0.1) is 35.5 Å². The molecule has 0 N–H and O–H groups in total. The molecule has 1 aromatic carbocycles. The fourth-order valence-electron chi connectivity index (χ4n) is 5.63. The monoisotopic (exact) mass is 244 g/mol. The van der Waals surface area contributed by atoms with E-state index in [2.05, 4.69) is 0 Å². The van der Waals surface area contributed by atoms with Crippen molar-refractivity contribution in [3.63, 3.8) is 0 Å². The Morgan fingerprint density at radius 2 is 1.65 bits per heavy atom. The summed E-state index contributed by atoms with van der Waals surface area (Å²) < 4.78 is 12.7. The van der Waals surface area contributed by atoms with Crippen molar-refractivity contribution in [1.82, 2.24) is 0 Å². The molecule has 88 valence electrons. The summed E-state index contributed by atoms with van der Waals surface area (Å²) in [5, 5.41) is 0.487. The molecule has 1 nitrogen and oxygen atoms in total. The molecule has 0 aromatic heterocycles. The van der Waals surface area contributed by atoms with Gasteiger partial charge < -0.3 is 0 Å². The number of benzene rings is 1. The Bertz CT molecular complexity index is 511. The average molecular weight is 244 g/mol. The minimum absolute atomic E-state index is 0.487. The first-order valence-corrected chi connectivity index (χ1v) is 8.03. The number of hydrogen-bond acceptors (Lipinski definition) is 1. The summed E-state index contributed by atoms with van der Waals surface area (Å²) in [5.41, 5.74) is 0. The number of hydrogen-bond donors (Lipinski definition) is 0. The van der Waals surface area contributed by atoms with Crippen LogP contribution in [0.3, 0.4) is 0 Å². The molecular weight excluding hydrogens is 228 g/mol. The van der Waals surface area contributed by atoms with E-state index in [4.69, 9.17) is 0 Å². The van der Waals surface area contributed by atoms with Crippen molar-refractivity contribution >= 4 is 10.8 Å². The normalized spacial score (nSPS) is 54.0. The molecule has 17 heavy (non-hydrogen) atoms. The maximum atomic E-state index is 12.7. The van der Waals surface area contributed by atoms with Gasteiger partial charge in [-0.05, 0) is 60.5 Å². The summed E-state index contributed by atoms with van der Waals surface area (Å²) in [7, 11) is -0.746. The highest BCUT2D eigenvalue weighted by atomic mass is 32.2. The van der Waals surface area contributed by atoms with Gasteiger partial charge >= 0.3 is 0 Å². The van der Waals surface area contributed by atoms with Crippen LogP contribution >= 0.6 is 0 Å². The second-order valence-electron chi connectivity index (χ2n) is 6.34. The molecule has 5 saturated carbocycles. The Morgan fingerprint density at radius 3 is 2.29 bits per heavy atom. The minimum Gasteiger partial charge on any atom is -0.254 e. The SMILES string of the molecule is O=[S@](c1ccccc1)[C@@H]1CC2C3CC4C2C4C31. The minimum atomic E-state index is -0.746. The lowest BCUT2D eigenvalue weighted by Crippen LogP contribution is -2.24. The van der Waals surface area contributed by atoms with Crippen LogP contribution in [-0.2, 0) is 10.8 Å². The van der Waals surface area contributed by atoms with Crippen molar-refractivity contribution in [1.29, 1.82) is 0 Å². The molecule has 0 saturated heterocycles. The molecule has 5 fully saturated rings. The van der Waals surface area contributed by atoms with Crippen LogP contribution in [0.5, 0.6) is 0 Å². The smallest absolute Gasteiger partial charge is 0.0563 e. The summed E-state index contributed by atoms with van der Waals surface area (Å²) in [6.07, 6.45) is 2.74. The van der Waals surface area contributed by atoms with Crippen LogP contribution in [0.2, 0.25) is 0 Å². The quantitative estimate of drug-likeness (QED) is 0.781. The Kier molecular flexibility index (Phi) is 1.56. The van der Waals surface area contributed by atoms with Gasteiger partial charge in [-0.15, -0.1) is 0 Å². The van der Waals surface area contributed by atoms with Gasteiger partial charge in [-0.1, -0.05) is 18.2 Å². The van der Waals surface area contributed by atoms with Crippen LogP contribution in [0.4, 0.5) is 0 Å². The fourth-order valence-corrected chi connectivity index (χ4v) is 7.47. The van der Waals surface area contributed by atoms with Crippen LogP contribution in [0.15, 0.2) is 35.2 Å². The van der Waals surface area contributed by atoms with Gasteiger partial charge in [0.1, 0.15) is 0 Å². The zero-order valence-electron chi connectivity index (χ0n) is 9.66. The predicted molar refractivity (Wildman–Crippen MR) is 66.8 cm³/mol. The molecule has 5 aliphatic carbocycles. The fraction of sp³-hybridized carbons (Fsp3) is 0.600. The van der Waals surface area contributed by atoms with Crippen molar-refractivity contribution in [3.8, 4) is 0 Å². The topological polar surface area (TPSA) is 17.1 Å². The van der Waals surface area contributed by atoms with E-state index in [-0.39, 0.29) is 0 Å². The summed E-state index contributed by atoms with van der Waals surface area (Å²) in [5.74, 6) is 5.90. The largest absolute Gasteiger partial charge is 0.254 e. The third kappa shape index (κ3) is 0.965. The van der Waals surface area contributed by atoms with Gasteiger partial charge in [-0.2, -0.15) is 0 Å². The van der Waals surface area contributed by atoms with Crippen LogP contribution in [0.25, 0.3) is 0 Å². The molecule has 0 amide bonds. The molecule has 6 bridgehead atoms. The Labute approximate surface area is 104 Å². The standard InChI is InChI=1S/C15H16OS/c16-17(8-4-2-1-3-5-8)12-7-10-9-6-11-13(10)15(11)14(9)12/h1-5,9-15H,6-7H2/t9?,10?,11?,12-,13?,14?,15?,17-/m1/s1. The zero-order valence-corrected chi connectivity index (χ0v) is 10.5. The van der Waals surface area contributed by atoms with Gasteiger partial charge in [0.2, 0.25) is 0 Å². The van der Waals surface area contributed by atoms with Gasteiger partial charge in [0.25, 0.3) is 0 Å². The van der Waals surface area contributed by atoms with Gasteiger partial charge in [0.15, 0.2) is 0 Å².